The molecule has 0 unspecified atom stereocenters. The van der Waals surface area contributed by atoms with Gasteiger partial charge in [0.1, 0.15) is 12.4 Å². The van der Waals surface area contributed by atoms with E-state index in [9.17, 15) is 9.18 Å². The van der Waals surface area contributed by atoms with Crippen LogP contribution in [-0.4, -0.2) is 24.2 Å². The summed E-state index contributed by atoms with van der Waals surface area (Å²) in [6.07, 6.45) is 1.96. The number of carbonyl (C=O) groups excluding carboxylic acids is 1. The largest absolute Gasteiger partial charge is 0.384 e. The molecule has 0 heterocycles. The molecule has 1 aromatic rings. The highest BCUT2D eigenvalue weighted by Gasteiger charge is 2.13. The van der Waals surface area contributed by atoms with Gasteiger partial charge in [0.2, 0.25) is 0 Å². The average Bonchev–Trinajstić information content (AvgIpc) is 2.46. The SMILES string of the molecule is CCC(CC)CNC(=O)c1ccc(C#CCO)cc1F. The average molecular weight is 277 g/mol. The molecule has 0 radical (unpaired) electrons. The van der Waals surface area contributed by atoms with Gasteiger partial charge in [-0.1, -0.05) is 38.5 Å². The Hall–Kier alpha value is -1.86. The molecule has 108 valence electrons. The zero-order chi connectivity index (χ0) is 15.0. The molecular formula is C16H20FNO2. The second-order valence-electron chi connectivity index (χ2n) is 4.55. The van der Waals surface area contributed by atoms with Crippen molar-refractivity contribution in [3.63, 3.8) is 0 Å². The minimum atomic E-state index is -0.600. The molecule has 0 aliphatic carbocycles. The highest BCUT2D eigenvalue weighted by molar-refractivity contribution is 5.94. The van der Waals surface area contributed by atoms with E-state index < -0.39 is 11.7 Å². The smallest absolute Gasteiger partial charge is 0.254 e. The Kier molecular flexibility index (Phi) is 6.75. The van der Waals surface area contributed by atoms with Crippen LogP contribution in [0.4, 0.5) is 4.39 Å². The van der Waals surface area contributed by atoms with Gasteiger partial charge in [-0.3, -0.25) is 4.79 Å². The van der Waals surface area contributed by atoms with Gasteiger partial charge in [0.05, 0.1) is 5.56 Å². The summed E-state index contributed by atoms with van der Waals surface area (Å²) < 4.78 is 13.8. The van der Waals surface area contributed by atoms with E-state index in [1.807, 2.05) is 0 Å². The van der Waals surface area contributed by atoms with Gasteiger partial charge in [0, 0.05) is 12.1 Å². The fourth-order valence-electron chi connectivity index (χ4n) is 1.83. The number of benzene rings is 1. The van der Waals surface area contributed by atoms with Gasteiger partial charge in [-0.25, -0.2) is 4.39 Å². The molecule has 0 bridgehead atoms. The van der Waals surface area contributed by atoms with E-state index in [-0.39, 0.29) is 12.2 Å². The zero-order valence-corrected chi connectivity index (χ0v) is 11.9. The van der Waals surface area contributed by atoms with E-state index in [0.717, 1.165) is 12.8 Å². The molecule has 0 saturated carbocycles. The topological polar surface area (TPSA) is 49.3 Å². The van der Waals surface area contributed by atoms with Gasteiger partial charge in [-0.15, -0.1) is 0 Å². The van der Waals surface area contributed by atoms with Crippen molar-refractivity contribution in [3.8, 4) is 11.8 Å². The van der Waals surface area contributed by atoms with Gasteiger partial charge in [0.15, 0.2) is 0 Å². The Bertz CT molecular complexity index is 513. The molecule has 1 rings (SSSR count). The Morgan fingerprint density at radius 3 is 2.65 bits per heavy atom. The molecule has 0 saturated heterocycles. The van der Waals surface area contributed by atoms with Crippen molar-refractivity contribution in [2.75, 3.05) is 13.2 Å². The predicted octanol–water partition coefficient (Wildman–Crippen LogP) is 2.34. The summed E-state index contributed by atoms with van der Waals surface area (Å²) in [6.45, 7) is 4.40. The summed E-state index contributed by atoms with van der Waals surface area (Å²) >= 11 is 0. The lowest BCUT2D eigenvalue weighted by atomic mass is 10.0. The summed E-state index contributed by atoms with van der Waals surface area (Å²) in [5.74, 6) is 4.44. The van der Waals surface area contributed by atoms with Crippen molar-refractivity contribution in [1.82, 2.24) is 5.32 Å². The minimum absolute atomic E-state index is 0.0190. The molecule has 0 spiro atoms. The van der Waals surface area contributed by atoms with Crippen molar-refractivity contribution in [2.45, 2.75) is 26.7 Å². The minimum Gasteiger partial charge on any atom is -0.384 e. The van der Waals surface area contributed by atoms with Crippen molar-refractivity contribution >= 4 is 5.91 Å². The Balaban J connectivity index is 2.74. The van der Waals surface area contributed by atoms with Crippen LogP contribution in [0.15, 0.2) is 18.2 Å². The first kappa shape index (κ1) is 16.2. The number of hydrogen-bond acceptors (Lipinski definition) is 2. The molecule has 1 aromatic carbocycles. The van der Waals surface area contributed by atoms with Crippen molar-refractivity contribution in [2.24, 2.45) is 5.92 Å². The summed E-state index contributed by atoms with van der Waals surface area (Å²) in [7, 11) is 0. The monoisotopic (exact) mass is 277 g/mol. The number of carbonyl (C=O) groups is 1. The summed E-state index contributed by atoms with van der Waals surface area (Å²) in [4.78, 5) is 11.9. The molecular weight excluding hydrogens is 257 g/mol. The summed E-state index contributed by atoms with van der Waals surface area (Å²) in [5.41, 5.74) is 0.457. The molecule has 3 nitrogen and oxygen atoms in total. The van der Waals surface area contributed by atoms with Crippen LogP contribution in [0, 0.1) is 23.6 Å². The number of nitrogens with one attached hydrogen (secondary N) is 1. The second kappa shape index (κ2) is 8.34. The Morgan fingerprint density at radius 2 is 2.10 bits per heavy atom. The fourth-order valence-corrected chi connectivity index (χ4v) is 1.83. The van der Waals surface area contributed by atoms with Crippen molar-refractivity contribution in [1.29, 1.82) is 0 Å². The quantitative estimate of drug-likeness (QED) is 0.812. The first-order valence-electron chi connectivity index (χ1n) is 6.79. The molecule has 0 aliphatic heterocycles. The lowest BCUT2D eigenvalue weighted by Crippen LogP contribution is -2.29. The van der Waals surface area contributed by atoms with Crippen LogP contribution in [-0.2, 0) is 0 Å². The van der Waals surface area contributed by atoms with Gasteiger partial charge in [-0.05, 0) is 24.1 Å². The highest BCUT2D eigenvalue weighted by Crippen LogP contribution is 2.11. The van der Waals surface area contributed by atoms with Gasteiger partial charge in [0.25, 0.3) is 5.91 Å². The number of rotatable bonds is 5. The van der Waals surface area contributed by atoms with E-state index in [0.29, 0.717) is 18.0 Å². The fraction of sp³-hybridized carbons (Fsp3) is 0.438. The molecule has 20 heavy (non-hydrogen) atoms. The summed E-state index contributed by atoms with van der Waals surface area (Å²) in [6, 6.07) is 4.19. The zero-order valence-electron chi connectivity index (χ0n) is 11.9. The Morgan fingerprint density at radius 1 is 1.40 bits per heavy atom. The van der Waals surface area contributed by atoms with Crippen LogP contribution < -0.4 is 5.32 Å². The van der Waals surface area contributed by atoms with Crippen molar-refractivity contribution < 1.29 is 14.3 Å². The summed E-state index contributed by atoms with van der Waals surface area (Å²) in [5, 5.41) is 11.3. The Labute approximate surface area is 119 Å². The normalized spacial score (nSPS) is 10.1. The number of amides is 1. The molecule has 0 aliphatic rings. The van der Waals surface area contributed by atoms with Crippen LogP contribution in [0.5, 0.6) is 0 Å². The standard InChI is InChI=1S/C16H20FNO2/c1-3-12(4-2)11-18-16(20)14-8-7-13(6-5-9-19)10-15(14)17/h7-8,10,12,19H,3-4,9,11H2,1-2H3,(H,18,20). The van der Waals surface area contributed by atoms with Crippen LogP contribution in [0.3, 0.4) is 0 Å². The predicted molar refractivity (Wildman–Crippen MR) is 76.8 cm³/mol. The van der Waals surface area contributed by atoms with E-state index in [4.69, 9.17) is 5.11 Å². The molecule has 1 amide bonds. The highest BCUT2D eigenvalue weighted by atomic mass is 19.1. The maximum atomic E-state index is 13.8. The van der Waals surface area contributed by atoms with Gasteiger partial charge in [-0.2, -0.15) is 0 Å². The molecule has 0 atom stereocenters. The second-order valence-corrected chi connectivity index (χ2v) is 4.55. The third kappa shape index (κ3) is 4.67. The first-order valence-corrected chi connectivity index (χ1v) is 6.79. The molecule has 4 heteroatoms. The lowest BCUT2D eigenvalue weighted by molar-refractivity contribution is 0.0942. The third-order valence-electron chi connectivity index (χ3n) is 3.23. The van der Waals surface area contributed by atoms with E-state index in [2.05, 4.69) is 31.0 Å². The van der Waals surface area contributed by atoms with Gasteiger partial charge >= 0.3 is 0 Å². The lowest BCUT2D eigenvalue weighted by Gasteiger charge is -2.13. The van der Waals surface area contributed by atoms with E-state index in [1.165, 1.54) is 12.1 Å². The van der Waals surface area contributed by atoms with Crippen LogP contribution in [0.1, 0.15) is 42.6 Å². The van der Waals surface area contributed by atoms with E-state index >= 15 is 0 Å². The number of aliphatic hydroxyl groups excluding tert-OH is 1. The molecule has 0 aromatic heterocycles. The van der Waals surface area contributed by atoms with E-state index in [1.54, 1.807) is 6.07 Å². The van der Waals surface area contributed by atoms with Crippen LogP contribution in [0.2, 0.25) is 0 Å². The van der Waals surface area contributed by atoms with Crippen LogP contribution in [0.25, 0.3) is 0 Å². The van der Waals surface area contributed by atoms with Crippen molar-refractivity contribution in [3.05, 3.63) is 35.1 Å². The number of hydrogen-bond donors (Lipinski definition) is 2. The maximum absolute atomic E-state index is 13.8. The molecule has 0 fully saturated rings. The van der Waals surface area contributed by atoms with Crippen LogP contribution >= 0.6 is 0 Å². The van der Waals surface area contributed by atoms with Gasteiger partial charge < -0.3 is 10.4 Å². The maximum Gasteiger partial charge on any atom is 0.254 e. The number of aliphatic hydroxyl groups is 1. The third-order valence-corrected chi connectivity index (χ3v) is 3.23. The number of halogens is 1. The first-order chi connectivity index (χ1) is 9.62. The molecule has 2 N–H and O–H groups in total.